The Bertz CT molecular complexity index is 1100. The SMILES string of the molecule is CCOC(=O)c1c(-c2ccc(C(C)C)cc2)csc1NC(=O)COc1cc(C)ccc1C. The van der Waals surface area contributed by atoms with Crippen LogP contribution in [-0.4, -0.2) is 25.1 Å². The predicted molar refractivity (Wildman–Crippen MR) is 130 cm³/mol. The van der Waals surface area contributed by atoms with Crippen LogP contribution >= 0.6 is 11.3 Å². The second-order valence-electron chi connectivity index (χ2n) is 7.96. The molecule has 1 amide bonds. The molecule has 3 rings (SSSR count). The number of ether oxygens (including phenoxy) is 2. The summed E-state index contributed by atoms with van der Waals surface area (Å²) in [4.78, 5) is 25.3. The van der Waals surface area contributed by atoms with Crippen molar-refractivity contribution in [1.29, 1.82) is 0 Å². The van der Waals surface area contributed by atoms with Crippen LogP contribution in [0, 0.1) is 13.8 Å². The first kappa shape index (κ1) is 23.5. The fourth-order valence-corrected chi connectivity index (χ4v) is 4.26. The van der Waals surface area contributed by atoms with E-state index in [1.807, 2.05) is 49.6 Å². The van der Waals surface area contributed by atoms with Gasteiger partial charge in [0.05, 0.1) is 6.61 Å². The third-order valence-electron chi connectivity index (χ3n) is 5.11. The molecule has 0 aliphatic carbocycles. The van der Waals surface area contributed by atoms with E-state index < -0.39 is 5.97 Å². The highest BCUT2D eigenvalue weighted by atomic mass is 32.1. The number of thiophene rings is 1. The van der Waals surface area contributed by atoms with E-state index in [1.165, 1.54) is 16.9 Å². The van der Waals surface area contributed by atoms with Crippen molar-refractivity contribution in [3.8, 4) is 16.9 Å². The van der Waals surface area contributed by atoms with Gasteiger partial charge in [-0.1, -0.05) is 50.2 Å². The van der Waals surface area contributed by atoms with Gasteiger partial charge < -0.3 is 14.8 Å². The molecular formula is C26H29NO4S. The molecule has 1 heterocycles. The molecule has 0 atom stereocenters. The summed E-state index contributed by atoms with van der Waals surface area (Å²) >= 11 is 1.30. The normalized spacial score (nSPS) is 10.8. The van der Waals surface area contributed by atoms with E-state index in [-0.39, 0.29) is 19.1 Å². The minimum Gasteiger partial charge on any atom is -0.483 e. The molecule has 6 heteroatoms. The number of rotatable bonds is 8. The largest absolute Gasteiger partial charge is 0.483 e. The molecule has 0 unspecified atom stereocenters. The van der Waals surface area contributed by atoms with Crippen molar-refractivity contribution in [2.75, 3.05) is 18.5 Å². The maximum atomic E-state index is 12.7. The Labute approximate surface area is 193 Å². The van der Waals surface area contributed by atoms with Crippen molar-refractivity contribution in [1.82, 2.24) is 0 Å². The molecule has 0 fully saturated rings. The zero-order chi connectivity index (χ0) is 23.3. The molecule has 0 aliphatic heterocycles. The lowest BCUT2D eigenvalue weighted by atomic mass is 9.98. The van der Waals surface area contributed by atoms with E-state index >= 15 is 0 Å². The number of benzene rings is 2. The zero-order valence-corrected chi connectivity index (χ0v) is 20.0. The monoisotopic (exact) mass is 451 g/mol. The van der Waals surface area contributed by atoms with Gasteiger partial charge in [0.2, 0.25) is 0 Å². The van der Waals surface area contributed by atoms with Crippen molar-refractivity contribution < 1.29 is 19.1 Å². The van der Waals surface area contributed by atoms with Gasteiger partial charge in [-0.3, -0.25) is 4.79 Å². The van der Waals surface area contributed by atoms with E-state index in [0.717, 1.165) is 22.3 Å². The Hall–Kier alpha value is -3.12. The average Bonchev–Trinajstić information content (AvgIpc) is 3.18. The van der Waals surface area contributed by atoms with Gasteiger partial charge in [-0.05, 0) is 55.0 Å². The number of carbonyl (C=O) groups excluding carboxylic acids is 2. The van der Waals surface area contributed by atoms with E-state index in [1.54, 1.807) is 6.92 Å². The minimum atomic E-state index is -0.456. The summed E-state index contributed by atoms with van der Waals surface area (Å²) in [6.45, 7) is 10.0. The molecule has 5 nitrogen and oxygen atoms in total. The van der Waals surface area contributed by atoms with E-state index in [4.69, 9.17) is 9.47 Å². The lowest BCUT2D eigenvalue weighted by molar-refractivity contribution is -0.118. The summed E-state index contributed by atoms with van der Waals surface area (Å²) in [5, 5.41) is 5.16. The van der Waals surface area contributed by atoms with E-state index in [9.17, 15) is 9.59 Å². The summed E-state index contributed by atoms with van der Waals surface area (Å²) in [5.41, 5.74) is 5.25. The van der Waals surface area contributed by atoms with Crippen LogP contribution in [-0.2, 0) is 9.53 Å². The topological polar surface area (TPSA) is 64.6 Å². The van der Waals surface area contributed by atoms with Crippen molar-refractivity contribution >= 4 is 28.2 Å². The molecule has 1 N–H and O–H groups in total. The highest BCUT2D eigenvalue weighted by molar-refractivity contribution is 7.15. The number of carbonyl (C=O) groups is 2. The first-order valence-corrected chi connectivity index (χ1v) is 11.6. The molecule has 168 valence electrons. The number of nitrogens with one attached hydrogen (secondary N) is 1. The minimum absolute atomic E-state index is 0.150. The second kappa shape index (κ2) is 10.5. The molecule has 3 aromatic rings. The van der Waals surface area contributed by atoms with Crippen LogP contribution in [0.25, 0.3) is 11.1 Å². The van der Waals surface area contributed by atoms with Gasteiger partial charge in [-0.25, -0.2) is 4.79 Å². The molecule has 0 spiro atoms. The Morgan fingerprint density at radius 1 is 1.06 bits per heavy atom. The number of anilines is 1. The van der Waals surface area contributed by atoms with Gasteiger partial charge in [0.25, 0.3) is 5.91 Å². The third kappa shape index (κ3) is 5.56. The fourth-order valence-electron chi connectivity index (χ4n) is 3.28. The molecule has 1 aromatic heterocycles. The lowest BCUT2D eigenvalue weighted by Gasteiger charge is -2.11. The number of hydrogen-bond donors (Lipinski definition) is 1. The second-order valence-corrected chi connectivity index (χ2v) is 8.84. The van der Waals surface area contributed by atoms with E-state index in [2.05, 4.69) is 31.3 Å². The first-order chi connectivity index (χ1) is 15.3. The maximum absolute atomic E-state index is 12.7. The number of esters is 1. The van der Waals surface area contributed by atoms with Crippen LogP contribution in [0.1, 0.15) is 53.7 Å². The molecule has 0 aliphatic rings. The molecule has 2 aromatic carbocycles. The van der Waals surface area contributed by atoms with Crippen molar-refractivity contribution in [3.63, 3.8) is 0 Å². The van der Waals surface area contributed by atoms with Gasteiger partial charge in [-0.2, -0.15) is 0 Å². The number of amides is 1. The molecule has 32 heavy (non-hydrogen) atoms. The summed E-state index contributed by atoms with van der Waals surface area (Å²) < 4.78 is 11.0. The summed E-state index contributed by atoms with van der Waals surface area (Å²) in [5.74, 6) is 0.299. The van der Waals surface area contributed by atoms with Gasteiger partial charge in [0.15, 0.2) is 6.61 Å². The third-order valence-corrected chi connectivity index (χ3v) is 6.01. The molecule has 0 radical (unpaired) electrons. The van der Waals surface area contributed by atoms with Gasteiger partial charge in [-0.15, -0.1) is 11.3 Å². The smallest absolute Gasteiger partial charge is 0.341 e. The standard InChI is InChI=1S/C26H29NO4S/c1-6-30-26(29)24-21(20-11-9-19(10-12-20)16(2)3)15-32-25(24)27-23(28)14-31-22-13-17(4)7-8-18(22)5/h7-13,15-16H,6,14H2,1-5H3,(H,27,28). The van der Waals surface area contributed by atoms with E-state index in [0.29, 0.717) is 22.2 Å². The zero-order valence-electron chi connectivity index (χ0n) is 19.2. The first-order valence-electron chi connectivity index (χ1n) is 10.7. The maximum Gasteiger partial charge on any atom is 0.341 e. The van der Waals surface area contributed by atoms with Crippen LogP contribution in [0.4, 0.5) is 5.00 Å². The van der Waals surface area contributed by atoms with Gasteiger partial charge >= 0.3 is 5.97 Å². The molecule has 0 saturated carbocycles. The number of aryl methyl sites for hydroxylation is 2. The van der Waals surface area contributed by atoms with Crippen LogP contribution in [0.3, 0.4) is 0 Å². The molecular weight excluding hydrogens is 422 g/mol. The van der Waals surface area contributed by atoms with Crippen LogP contribution < -0.4 is 10.1 Å². The van der Waals surface area contributed by atoms with Crippen LogP contribution in [0.2, 0.25) is 0 Å². The van der Waals surface area contributed by atoms with Crippen LogP contribution in [0.5, 0.6) is 5.75 Å². The lowest BCUT2D eigenvalue weighted by Crippen LogP contribution is -2.21. The van der Waals surface area contributed by atoms with Gasteiger partial charge in [0, 0.05) is 10.9 Å². The molecule has 0 bridgehead atoms. The summed E-state index contributed by atoms with van der Waals surface area (Å²) in [6.07, 6.45) is 0. The fraction of sp³-hybridized carbons (Fsp3) is 0.308. The Morgan fingerprint density at radius 3 is 2.44 bits per heavy atom. The Kier molecular flexibility index (Phi) is 7.70. The van der Waals surface area contributed by atoms with Crippen LogP contribution in [0.15, 0.2) is 47.8 Å². The Balaban J connectivity index is 1.82. The summed E-state index contributed by atoms with van der Waals surface area (Å²) in [7, 11) is 0. The Morgan fingerprint density at radius 2 is 1.78 bits per heavy atom. The van der Waals surface area contributed by atoms with Crippen molar-refractivity contribution in [2.45, 2.75) is 40.5 Å². The van der Waals surface area contributed by atoms with Gasteiger partial charge in [0.1, 0.15) is 16.3 Å². The highest BCUT2D eigenvalue weighted by Crippen LogP contribution is 2.36. The predicted octanol–water partition coefficient (Wildman–Crippen LogP) is 6.35. The van der Waals surface area contributed by atoms with Crippen molar-refractivity contribution in [2.24, 2.45) is 0 Å². The average molecular weight is 452 g/mol. The van der Waals surface area contributed by atoms with Crippen molar-refractivity contribution in [3.05, 3.63) is 70.1 Å². The summed E-state index contributed by atoms with van der Waals surface area (Å²) in [6, 6.07) is 14.0. The molecule has 0 saturated heterocycles. The number of hydrogen-bond acceptors (Lipinski definition) is 5. The highest BCUT2D eigenvalue weighted by Gasteiger charge is 2.23. The quantitative estimate of drug-likeness (QED) is 0.405.